The summed E-state index contributed by atoms with van der Waals surface area (Å²) in [7, 11) is 0. The highest BCUT2D eigenvalue weighted by molar-refractivity contribution is 6.05. The number of benzene rings is 8. The summed E-state index contributed by atoms with van der Waals surface area (Å²) in [5, 5.41) is 2.39. The van der Waals surface area contributed by atoms with Crippen LogP contribution in [0.4, 0.5) is 17.1 Å². The first-order valence-electron chi connectivity index (χ1n) is 18.5. The van der Waals surface area contributed by atoms with E-state index in [4.69, 9.17) is 0 Å². The van der Waals surface area contributed by atoms with Gasteiger partial charge in [-0.05, 0) is 93.2 Å². The standard InChI is InChI=1S/C53H41N/c1-40-29-34-47(35-30-40)54(48-36-31-41(32-37-48)17-16-28-49(42-18-6-2-7-19-42)43-20-8-3-9-21-43)53-38-33-46(50-26-14-15-27-51(50)53)39-52(44-22-10-4-11-23-44)45-24-12-5-13-25-45/h2-39H,1H3/b17-16+. The van der Waals surface area contributed by atoms with Crippen molar-refractivity contribution in [2.45, 2.75) is 6.92 Å². The number of nitrogens with zero attached hydrogens (tertiary/aromatic N) is 1. The van der Waals surface area contributed by atoms with E-state index in [-0.39, 0.29) is 0 Å². The minimum absolute atomic E-state index is 1.10. The highest BCUT2D eigenvalue weighted by Gasteiger charge is 2.17. The molecule has 0 aliphatic heterocycles. The Morgan fingerprint density at radius 1 is 0.407 bits per heavy atom. The third kappa shape index (κ3) is 7.62. The van der Waals surface area contributed by atoms with Crippen molar-refractivity contribution in [2.75, 3.05) is 4.90 Å². The molecule has 0 spiro atoms. The summed E-state index contributed by atoms with van der Waals surface area (Å²) in [6.07, 6.45) is 8.88. The number of hydrogen-bond donors (Lipinski definition) is 0. The first-order chi connectivity index (χ1) is 26.7. The van der Waals surface area contributed by atoms with Crippen LogP contribution in [0.15, 0.2) is 218 Å². The van der Waals surface area contributed by atoms with Gasteiger partial charge in [0.15, 0.2) is 0 Å². The lowest BCUT2D eigenvalue weighted by Gasteiger charge is -2.27. The molecule has 0 aliphatic carbocycles. The van der Waals surface area contributed by atoms with Crippen LogP contribution in [0.5, 0.6) is 0 Å². The van der Waals surface area contributed by atoms with Gasteiger partial charge in [-0.15, -0.1) is 0 Å². The Labute approximate surface area is 319 Å². The Bertz CT molecular complexity index is 2460. The molecule has 0 radical (unpaired) electrons. The zero-order valence-electron chi connectivity index (χ0n) is 30.4. The van der Waals surface area contributed by atoms with E-state index in [1.807, 2.05) is 0 Å². The fourth-order valence-electron chi connectivity index (χ4n) is 7.06. The fourth-order valence-corrected chi connectivity index (χ4v) is 7.06. The first kappa shape index (κ1) is 34.1. The molecule has 1 nitrogen and oxygen atoms in total. The number of anilines is 3. The Kier molecular flexibility index (Phi) is 10.2. The minimum Gasteiger partial charge on any atom is -0.310 e. The van der Waals surface area contributed by atoms with E-state index in [0.29, 0.717) is 0 Å². The maximum atomic E-state index is 2.38. The van der Waals surface area contributed by atoms with Crippen molar-refractivity contribution in [3.63, 3.8) is 0 Å². The number of hydrogen-bond acceptors (Lipinski definition) is 1. The third-order valence-electron chi connectivity index (χ3n) is 9.81. The Morgan fingerprint density at radius 3 is 1.37 bits per heavy atom. The van der Waals surface area contributed by atoms with Gasteiger partial charge in [0, 0.05) is 16.8 Å². The zero-order chi connectivity index (χ0) is 36.5. The molecule has 1 heteroatoms. The average Bonchev–Trinajstić information content (AvgIpc) is 3.24. The molecule has 0 bridgehead atoms. The molecule has 0 fully saturated rings. The van der Waals surface area contributed by atoms with Gasteiger partial charge in [-0.25, -0.2) is 0 Å². The van der Waals surface area contributed by atoms with Crippen LogP contribution < -0.4 is 4.90 Å². The molecule has 0 aromatic heterocycles. The van der Waals surface area contributed by atoms with E-state index in [2.05, 4.69) is 242 Å². The van der Waals surface area contributed by atoms with E-state index >= 15 is 0 Å². The lowest BCUT2D eigenvalue weighted by atomic mass is 9.93. The second-order valence-corrected chi connectivity index (χ2v) is 13.4. The van der Waals surface area contributed by atoms with Crippen molar-refractivity contribution in [1.29, 1.82) is 0 Å². The maximum absolute atomic E-state index is 2.38. The predicted molar refractivity (Wildman–Crippen MR) is 232 cm³/mol. The van der Waals surface area contributed by atoms with Gasteiger partial charge in [0.1, 0.15) is 0 Å². The SMILES string of the molecule is Cc1ccc(N(c2ccc(/C=C/C=C(c3ccccc3)c3ccccc3)cc2)c2ccc(C=C(c3ccccc3)c3ccccc3)c3ccccc23)cc1. The summed E-state index contributed by atoms with van der Waals surface area (Å²) in [5.74, 6) is 0. The van der Waals surface area contributed by atoms with Crippen molar-refractivity contribution in [1.82, 2.24) is 0 Å². The Balaban J connectivity index is 1.18. The van der Waals surface area contributed by atoms with Gasteiger partial charge in [0.2, 0.25) is 0 Å². The van der Waals surface area contributed by atoms with Crippen LogP contribution in [-0.2, 0) is 0 Å². The zero-order valence-corrected chi connectivity index (χ0v) is 30.4. The molecule has 54 heavy (non-hydrogen) atoms. The molecule has 0 saturated carbocycles. The quantitative estimate of drug-likeness (QED) is 0.102. The summed E-state index contributed by atoms with van der Waals surface area (Å²) in [5.41, 5.74) is 14.1. The van der Waals surface area contributed by atoms with Crippen LogP contribution in [-0.4, -0.2) is 0 Å². The van der Waals surface area contributed by atoms with Crippen molar-refractivity contribution >= 4 is 51.1 Å². The van der Waals surface area contributed by atoms with Crippen LogP contribution in [0.1, 0.15) is 38.9 Å². The minimum atomic E-state index is 1.10. The molecular weight excluding hydrogens is 651 g/mol. The number of fused-ring (bicyclic) bond motifs is 1. The predicted octanol–water partition coefficient (Wildman–Crippen LogP) is 14.4. The van der Waals surface area contributed by atoms with Crippen molar-refractivity contribution in [3.05, 3.63) is 257 Å². The normalized spacial score (nSPS) is 11.0. The molecule has 0 heterocycles. The van der Waals surface area contributed by atoms with E-state index in [0.717, 1.165) is 22.6 Å². The summed E-state index contributed by atoms with van der Waals surface area (Å²) in [4.78, 5) is 2.38. The highest BCUT2D eigenvalue weighted by Crippen LogP contribution is 2.41. The third-order valence-corrected chi connectivity index (χ3v) is 9.81. The summed E-state index contributed by atoms with van der Waals surface area (Å²) in [6.45, 7) is 2.14. The lowest BCUT2D eigenvalue weighted by molar-refractivity contribution is 1.29. The van der Waals surface area contributed by atoms with Crippen molar-refractivity contribution in [3.8, 4) is 0 Å². The highest BCUT2D eigenvalue weighted by atomic mass is 15.1. The fraction of sp³-hybridized carbons (Fsp3) is 0.0189. The average molecular weight is 692 g/mol. The Morgan fingerprint density at radius 2 is 0.852 bits per heavy atom. The van der Waals surface area contributed by atoms with E-state index in [1.54, 1.807) is 0 Å². The molecule has 8 aromatic carbocycles. The van der Waals surface area contributed by atoms with E-state index in [9.17, 15) is 0 Å². The smallest absolute Gasteiger partial charge is 0.0540 e. The molecule has 8 rings (SSSR count). The molecule has 0 atom stereocenters. The van der Waals surface area contributed by atoms with Gasteiger partial charge in [-0.1, -0.05) is 200 Å². The van der Waals surface area contributed by atoms with Crippen LogP contribution >= 0.6 is 0 Å². The second kappa shape index (κ2) is 16.2. The molecule has 0 amide bonds. The van der Waals surface area contributed by atoms with Crippen molar-refractivity contribution in [2.24, 2.45) is 0 Å². The van der Waals surface area contributed by atoms with Gasteiger partial charge in [-0.3, -0.25) is 0 Å². The van der Waals surface area contributed by atoms with Gasteiger partial charge in [0.05, 0.1) is 5.69 Å². The summed E-state index contributed by atoms with van der Waals surface area (Å²) in [6, 6.07) is 73.5. The Hall–Kier alpha value is -6.96. The van der Waals surface area contributed by atoms with E-state index < -0.39 is 0 Å². The van der Waals surface area contributed by atoms with Gasteiger partial charge in [0.25, 0.3) is 0 Å². The number of rotatable bonds is 10. The molecule has 8 aromatic rings. The van der Waals surface area contributed by atoms with Gasteiger partial charge < -0.3 is 4.90 Å². The largest absolute Gasteiger partial charge is 0.310 e. The van der Waals surface area contributed by atoms with E-state index in [1.165, 1.54) is 55.3 Å². The molecule has 0 N–H and O–H groups in total. The number of allylic oxidation sites excluding steroid dienone is 2. The number of aryl methyl sites for hydroxylation is 1. The summed E-state index contributed by atoms with van der Waals surface area (Å²) < 4.78 is 0. The molecule has 0 saturated heterocycles. The topological polar surface area (TPSA) is 3.24 Å². The van der Waals surface area contributed by atoms with Crippen LogP contribution in [0.3, 0.4) is 0 Å². The molecule has 0 aliphatic rings. The molecule has 258 valence electrons. The monoisotopic (exact) mass is 691 g/mol. The van der Waals surface area contributed by atoms with Crippen LogP contribution in [0.25, 0.3) is 34.1 Å². The lowest BCUT2D eigenvalue weighted by Crippen LogP contribution is -2.10. The molecular formula is C53H41N. The van der Waals surface area contributed by atoms with Gasteiger partial charge in [-0.2, -0.15) is 0 Å². The maximum Gasteiger partial charge on any atom is 0.0540 e. The summed E-state index contributed by atoms with van der Waals surface area (Å²) >= 11 is 0. The first-order valence-corrected chi connectivity index (χ1v) is 18.5. The van der Waals surface area contributed by atoms with Gasteiger partial charge >= 0.3 is 0 Å². The van der Waals surface area contributed by atoms with Crippen LogP contribution in [0.2, 0.25) is 0 Å². The van der Waals surface area contributed by atoms with Crippen LogP contribution in [0, 0.1) is 6.92 Å². The second-order valence-electron chi connectivity index (χ2n) is 13.4. The molecule has 0 unspecified atom stereocenters. The van der Waals surface area contributed by atoms with Crippen molar-refractivity contribution < 1.29 is 0 Å².